The maximum Gasteiger partial charge on any atom is 0.119 e. The molecule has 0 aliphatic heterocycles. The summed E-state index contributed by atoms with van der Waals surface area (Å²) in [5.41, 5.74) is 3.18. The van der Waals surface area contributed by atoms with Gasteiger partial charge in [0.1, 0.15) is 5.75 Å². The topological polar surface area (TPSA) is 24.5 Å². The van der Waals surface area contributed by atoms with Gasteiger partial charge in [-0.05, 0) is 29.8 Å². The molecule has 0 amide bonds. The fourth-order valence-corrected chi connectivity index (χ4v) is 2.44. The number of anilines is 2. The monoisotopic (exact) mass is 290 g/mol. The number of nitrogens with one attached hydrogen (secondary N) is 1. The largest absolute Gasteiger partial charge is 0.497 e. The normalized spacial score (nSPS) is 10.2. The van der Waals surface area contributed by atoms with E-state index in [0.29, 0.717) is 0 Å². The van der Waals surface area contributed by atoms with E-state index >= 15 is 0 Å². The number of methoxy groups -OCH3 is 1. The first-order chi connectivity index (χ1) is 9.61. The van der Waals surface area contributed by atoms with Gasteiger partial charge in [-0.2, -0.15) is 0 Å². The molecule has 0 aromatic heterocycles. The van der Waals surface area contributed by atoms with Gasteiger partial charge in [0.2, 0.25) is 0 Å². The van der Waals surface area contributed by atoms with Gasteiger partial charge in [0.25, 0.3) is 0 Å². The van der Waals surface area contributed by atoms with Crippen molar-refractivity contribution in [2.75, 3.05) is 31.4 Å². The lowest BCUT2D eigenvalue weighted by molar-refractivity contribution is 0.414. The van der Waals surface area contributed by atoms with Crippen molar-refractivity contribution < 1.29 is 4.74 Å². The Hall–Kier alpha value is -1.87. The Bertz CT molecular complexity index is 584. The van der Waals surface area contributed by atoms with Crippen molar-refractivity contribution in [3.05, 3.63) is 53.1 Å². The van der Waals surface area contributed by atoms with Crippen LogP contribution in [0.3, 0.4) is 0 Å². The predicted octanol–water partition coefficient (Wildman–Crippen LogP) is 4.03. The molecule has 0 aliphatic carbocycles. The van der Waals surface area contributed by atoms with Gasteiger partial charge >= 0.3 is 0 Å². The van der Waals surface area contributed by atoms with Crippen molar-refractivity contribution in [2.24, 2.45) is 0 Å². The fourth-order valence-electron chi connectivity index (χ4n) is 2.09. The van der Waals surface area contributed by atoms with Gasteiger partial charge in [-0.3, -0.25) is 0 Å². The summed E-state index contributed by atoms with van der Waals surface area (Å²) in [4.78, 5) is 2.01. The van der Waals surface area contributed by atoms with Gasteiger partial charge in [0.15, 0.2) is 0 Å². The van der Waals surface area contributed by atoms with E-state index in [4.69, 9.17) is 16.3 Å². The van der Waals surface area contributed by atoms with Crippen molar-refractivity contribution in [1.82, 2.24) is 0 Å². The smallest absolute Gasteiger partial charge is 0.119 e. The molecule has 0 heterocycles. The molecule has 0 saturated heterocycles. The third-order valence-electron chi connectivity index (χ3n) is 3.05. The molecule has 0 saturated carbocycles. The Balaban J connectivity index is 2.16. The summed E-state index contributed by atoms with van der Waals surface area (Å²) in [6.07, 6.45) is 0. The number of ether oxygens (including phenoxy) is 1. The quantitative estimate of drug-likeness (QED) is 0.900. The minimum Gasteiger partial charge on any atom is -0.497 e. The Labute approximate surface area is 125 Å². The zero-order valence-electron chi connectivity index (χ0n) is 12.0. The molecule has 4 heteroatoms. The van der Waals surface area contributed by atoms with E-state index in [9.17, 15) is 0 Å². The van der Waals surface area contributed by atoms with Crippen LogP contribution in [0.4, 0.5) is 11.4 Å². The second kappa shape index (κ2) is 6.53. The molecule has 0 unspecified atom stereocenters. The number of benzene rings is 2. The Morgan fingerprint density at radius 1 is 1.15 bits per heavy atom. The summed E-state index contributed by atoms with van der Waals surface area (Å²) >= 11 is 6.25. The van der Waals surface area contributed by atoms with Crippen LogP contribution in [0.15, 0.2) is 42.5 Å². The van der Waals surface area contributed by atoms with E-state index in [2.05, 4.69) is 11.4 Å². The van der Waals surface area contributed by atoms with Crippen LogP contribution in [0, 0.1) is 0 Å². The molecular formula is C16H19ClN2O. The van der Waals surface area contributed by atoms with Gasteiger partial charge < -0.3 is 15.0 Å². The van der Waals surface area contributed by atoms with Crippen LogP contribution in [0.1, 0.15) is 5.56 Å². The van der Waals surface area contributed by atoms with E-state index in [-0.39, 0.29) is 0 Å². The third kappa shape index (κ3) is 3.36. The molecule has 1 N–H and O–H groups in total. The Morgan fingerprint density at radius 3 is 2.60 bits per heavy atom. The van der Waals surface area contributed by atoms with Gasteiger partial charge in [-0.15, -0.1) is 0 Å². The van der Waals surface area contributed by atoms with E-state index in [1.54, 1.807) is 7.11 Å². The molecule has 0 radical (unpaired) electrons. The number of rotatable bonds is 5. The van der Waals surface area contributed by atoms with Crippen LogP contribution < -0.4 is 15.0 Å². The third-order valence-corrected chi connectivity index (χ3v) is 3.36. The van der Waals surface area contributed by atoms with Crippen LogP contribution in [-0.4, -0.2) is 21.2 Å². The summed E-state index contributed by atoms with van der Waals surface area (Å²) in [7, 11) is 5.64. The molecule has 0 aliphatic rings. The number of hydrogen-bond donors (Lipinski definition) is 1. The average molecular weight is 291 g/mol. The van der Waals surface area contributed by atoms with Crippen molar-refractivity contribution in [3.63, 3.8) is 0 Å². The van der Waals surface area contributed by atoms with Crippen molar-refractivity contribution in [3.8, 4) is 5.75 Å². The highest BCUT2D eigenvalue weighted by atomic mass is 35.5. The molecule has 0 spiro atoms. The number of halogens is 1. The number of hydrogen-bond acceptors (Lipinski definition) is 3. The molecule has 0 fully saturated rings. The van der Waals surface area contributed by atoms with Crippen molar-refractivity contribution in [1.29, 1.82) is 0 Å². The van der Waals surface area contributed by atoms with E-state index in [1.165, 1.54) is 0 Å². The van der Waals surface area contributed by atoms with Crippen LogP contribution in [-0.2, 0) is 6.54 Å². The standard InChI is InChI=1S/C16H19ClN2O/c1-19(2)16-14(17)8-5-9-15(16)18-11-12-6-4-7-13(10-12)20-3/h4-10,18H,11H2,1-3H3. The Kier molecular flexibility index (Phi) is 4.74. The molecule has 0 bridgehead atoms. The summed E-state index contributed by atoms with van der Waals surface area (Å²) in [6, 6.07) is 13.9. The lowest BCUT2D eigenvalue weighted by Gasteiger charge is -2.20. The van der Waals surface area contributed by atoms with Crippen LogP contribution in [0.2, 0.25) is 5.02 Å². The molecule has 2 aromatic carbocycles. The van der Waals surface area contributed by atoms with E-state index < -0.39 is 0 Å². The lowest BCUT2D eigenvalue weighted by atomic mass is 10.2. The van der Waals surface area contributed by atoms with Crippen LogP contribution >= 0.6 is 11.6 Å². The lowest BCUT2D eigenvalue weighted by Crippen LogP contribution is -2.12. The molecular weight excluding hydrogens is 272 g/mol. The molecule has 2 aromatic rings. The van der Waals surface area contributed by atoms with E-state index in [1.807, 2.05) is 55.4 Å². The van der Waals surface area contributed by atoms with Gasteiger partial charge in [0, 0.05) is 20.6 Å². The highest BCUT2D eigenvalue weighted by molar-refractivity contribution is 6.34. The fraction of sp³-hybridized carbons (Fsp3) is 0.250. The highest BCUT2D eigenvalue weighted by Crippen LogP contribution is 2.32. The maximum absolute atomic E-state index is 6.25. The second-order valence-electron chi connectivity index (χ2n) is 4.74. The predicted molar refractivity (Wildman–Crippen MR) is 86.1 cm³/mol. The van der Waals surface area contributed by atoms with Gasteiger partial charge in [-0.1, -0.05) is 29.8 Å². The summed E-state index contributed by atoms with van der Waals surface area (Å²) < 4.78 is 5.23. The number of nitrogens with zero attached hydrogens (tertiary/aromatic N) is 1. The average Bonchev–Trinajstić information content (AvgIpc) is 2.45. The highest BCUT2D eigenvalue weighted by Gasteiger charge is 2.08. The SMILES string of the molecule is COc1cccc(CNc2cccc(Cl)c2N(C)C)c1. The molecule has 20 heavy (non-hydrogen) atoms. The first kappa shape index (κ1) is 14.5. The van der Waals surface area contributed by atoms with E-state index in [0.717, 1.165) is 34.3 Å². The second-order valence-corrected chi connectivity index (χ2v) is 5.14. The molecule has 2 rings (SSSR count). The zero-order valence-corrected chi connectivity index (χ0v) is 12.7. The molecule has 106 valence electrons. The first-order valence-corrected chi connectivity index (χ1v) is 6.82. The number of para-hydroxylation sites is 1. The zero-order chi connectivity index (χ0) is 14.5. The van der Waals surface area contributed by atoms with Crippen LogP contribution in [0.5, 0.6) is 5.75 Å². The minimum atomic E-state index is 0.721. The first-order valence-electron chi connectivity index (χ1n) is 6.44. The summed E-state index contributed by atoms with van der Waals surface area (Å²) in [5, 5.41) is 4.16. The van der Waals surface area contributed by atoms with Crippen molar-refractivity contribution >= 4 is 23.0 Å². The van der Waals surface area contributed by atoms with Gasteiger partial charge in [0.05, 0.1) is 23.5 Å². The Morgan fingerprint density at radius 2 is 1.90 bits per heavy atom. The molecule has 3 nitrogen and oxygen atoms in total. The minimum absolute atomic E-state index is 0.721. The summed E-state index contributed by atoms with van der Waals surface area (Å²) in [5.74, 6) is 0.864. The summed E-state index contributed by atoms with van der Waals surface area (Å²) in [6.45, 7) is 0.721. The maximum atomic E-state index is 6.25. The van der Waals surface area contributed by atoms with Crippen molar-refractivity contribution in [2.45, 2.75) is 6.54 Å². The van der Waals surface area contributed by atoms with Gasteiger partial charge in [-0.25, -0.2) is 0 Å². The van der Waals surface area contributed by atoms with Crippen LogP contribution in [0.25, 0.3) is 0 Å². The molecule has 0 atom stereocenters.